The summed E-state index contributed by atoms with van der Waals surface area (Å²) >= 11 is 0. The van der Waals surface area contributed by atoms with Gasteiger partial charge in [-0.05, 0) is 39.8 Å². The van der Waals surface area contributed by atoms with Crippen molar-refractivity contribution in [3.8, 4) is 5.75 Å². The molecule has 0 radical (unpaired) electrons. The highest BCUT2D eigenvalue weighted by Gasteiger charge is 2.09. The van der Waals surface area contributed by atoms with Crippen molar-refractivity contribution in [2.75, 3.05) is 18.5 Å². The molecular weight excluding hydrogens is 216 g/mol. The van der Waals surface area contributed by atoms with Crippen LogP contribution in [0.25, 0.3) is 0 Å². The molecule has 17 heavy (non-hydrogen) atoms. The third-order valence-electron chi connectivity index (χ3n) is 2.09. The molecule has 0 amide bonds. The molecule has 1 N–H and O–H groups in total. The number of rotatable bonds is 7. The lowest BCUT2D eigenvalue weighted by atomic mass is 10.3. The predicted octanol–water partition coefficient (Wildman–Crippen LogP) is 2.71. The zero-order valence-corrected chi connectivity index (χ0v) is 11.1. The molecule has 0 aromatic carbocycles. The highest BCUT2D eigenvalue weighted by molar-refractivity contribution is 5.50. The lowest BCUT2D eigenvalue weighted by Gasteiger charge is -2.18. The molecule has 1 unspecified atom stereocenters. The summed E-state index contributed by atoms with van der Waals surface area (Å²) < 4.78 is 11.0. The molecule has 0 aliphatic carbocycles. The minimum atomic E-state index is 0.141. The van der Waals surface area contributed by atoms with Crippen molar-refractivity contribution in [1.29, 1.82) is 0 Å². The summed E-state index contributed by atoms with van der Waals surface area (Å²) in [5.41, 5.74) is 0. The van der Waals surface area contributed by atoms with Gasteiger partial charge in [-0.15, -0.1) is 0 Å². The smallest absolute Gasteiger partial charge is 0.169 e. The first kappa shape index (κ1) is 13.8. The van der Waals surface area contributed by atoms with Crippen LogP contribution in [-0.4, -0.2) is 30.3 Å². The summed E-state index contributed by atoms with van der Waals surface area (Å²) in [5, 5.41) is 3.29. The van der Waals surface area contributed by atoms with Crippen LogP contribution in [-0.2, 0) is 4.74 Å². The van der Waals surface area contributed by atoms with Gasteiger partial charge in [0.25, 0.3) is 0 Å². The van der Waals surface area contributed by atoms with Gasteiger partial charge in [0.05, 0.1) is 12.7 Å². The number of hydrogen-bond donors (Lipinski definition) is 1. The Morgan fingerprint density at radius 1 is 1.35 bits per heavy atom. The third-order valence-corrected chi connectivity index (χ3v) is 2.09. The van der Waals surface area contributed by atoms with Gasteiger partial charge in [0.15, 0.2) is 11.6 Å². The zero-order chi connectivity index (χ0) is 12.7. The van der Waals surface area contributed by atoms with Gasteiger partial charge in [-0.25, -0.2) is 4.98 Å². The first-order valence-electron chi connectivity index (χ1n) is 6.09. The maximum absolute atomic E-state index is 5.68. The molecule has 4 nitrogen and oxygen atoms in total. The fourth-order valence-electron chi connectivity index (χ4n) is 1.42. The summed E-state index contributed by atoms with van der Waals surface area (Å²) in [6.45, 7) is 9.43. The van der Waals surface area contributed by atoms with E-state index in [4.69, 9.17) is 9.47 Å². The molecule has 1 heterocycles. The van der Waals surface area contributed by atoms with Crippen LogP contribution in [0.1, 0.15) is 27.7 Å². The summed E-state index contributed by atoms with van der Waals surface area (Å²) in [6, 6.07) is 4.00. The van der Waals surface area contributed by atoms with E-state index in [-0.39, 0.29) is 12.1 Å². The minimum absolute atomic E-state index is 0.141. The first-order chi connectivity index (χ1) is 8.13. The van der Waals surface area contributed by atoms with Crippen molar-refractivity contribution in [1.82, 2.24) is 4.98 Å². The van der Waals surface area contributed by atoms with Crippen molar-refractivity contribution in [2.45, 2.75) is 39.8 Å². The van der Waals surface area contributed by atoms with Gasteiger partial charge in [0.1, 0.15) is 0 Å². The number of anilines is 1. The van der Waals surface area contributed by atoms with Crippen LogP contribution in [0, 0.1) is 0 Å². The normalized spacial score (nSPS) is 12.5. The Bertz CT molecular complexity index is 329. The molecule has 0 aliphatic rings. The number of hydrogen-bond acceptors (Lipinski definition) is 4. The predicted molar refractivity (Wildman–Crippen MR) is 69.6 cm³/mol. The molecular formula is C13H22N2O2. The van der Waals surface area contributed by atoms with Gasteiger partial charge in [0, 0.05) is 18.8 Å². The van der Waals surface area contributed by atoms with E-state index in [1.807, 2.05) is 32.9 Å². The monoisotopic (exact) mass is 238 g/mol. The van der Waals surface area contributed by atoms with Gasteiger partial charge < -0.3 is 14.8 Å². The van der Waals surface area contributed by atoms with Crippen LogP contribution >= 0.6 is 0 Å². The summed E-state index contributed by atoms with van der Waals surface area (Å²) in [5.74, 6) is 1.55. The van der Waals surface area contributed by atoms with E-state index in [2.05, 4.69) is 17.2 Å². The fourth-order valence-corrected chi connectivity index (χ4v) is 1.42. The molecule has 1 aromatic heterocycles. The highest BCUT2D eigenvalue weighted by atomic mass is 16.5. The maximum atomic E-state index is 5.68. The minimum Gasteiger partial charge on any atom is -0.487 e. The van der Waals surface area contributed by atoms with Crippen molar-refractivity contribution < 1.29 is 9.47 Å². The molecule has 0 saturated carbocycles. The first-order valence-corrected chi connectivity index (χ1v) is 6.09. The van der Waals surface area contributed by atoms with Gasteiger partial charge in [-0.1, -0.05) is 0 Å². The van der Waals surface area contributed by atoms with Crippen LogP contribution in [0.5, 0.6) is 5.75 Å². The molecule has 1 atom stereocenters. The van der Waals surface area contributed by atoms with Gasteiger partial charge >= 0.3 is 0 Å². The van der Waals surface area contributed by atoms with E-state index in [1.165, 1.54) is 0 Å². The molecule has 0 bridgehead atoms. The van der Waals surface area contributed by atoms with Crippen LogP contribution in [0.4, 0.5) is 5.82 Å². The van der Waals surface area contributed by atoms with Crippen LogP contribution < -0.4 is 10.1 Å². The van der Waals surface area contributed by atoms with E-state index >= 15 is 0 Å². The molecule has 1 aromatic rings. The highest BCUT2D eigenvalue weighted by Crippen LogP contribution is 2.22. The van der Waals surface area contributed by atoms with Gasteiger partial charge in [0.2, 0.25) is 0 Å². The topological polar surface area (TPSA) is 43.4 Å². The second-order valence-electron chi connectivity index (χ2n) is 4.22. The number of pyridine rings is 1. The van der Waals surface area contributed by atoms with E-state index in [9.17, 15) is 0 Å². The second kappa shape index (κ2) is 7.12. The van der Waals surface area contributed by atoms with E-state index in [1.54, 1.807) is 6.20 Å². The lowest BCUT2D eigenvalue weighted by molar-refractivity contribution is 0.141. The maximum Gasteiger partial charge on any atom is 0.169 e. The number of ether oxygens (including phenoxy) is 2. The summed E-state index contributed by atoms with van der Waals surface area (Å²) in [6.07, 6.45) is 1.89. The Balaban J connectivity index is 2.62. The van der Waals surface area contributed by atoms with Crippen molar-refractivity contribution in [2.24, 2.45) is 0 Å². The van der Waals surface area contributed by atoms with Crippen LogP contribution in [0.15, 0.2) is 18.3 Å². The Labute approximate surface area is 103 Å². The fraction of sp³-hybridized carbons (Fsp3) is 0.615. The van der Waals surface area contributed by atoms with Crippen molar-refractivity contribution >= 4 is 5.82 Å². The summed E-state index contributed by atoms with van der Waals surface area (Å²) in [4.78, 5) is 4.29. The quantitative estimate of drug-likeness (QED) is 0.793. The third kappa shape index (κ3) is 5.04. The molecule has 0 saturated heterocycles. The molecule has 0 spiro atoms. The van der Waals surface area contributed by atoms with Crippen molar-refractivity contribution in [3.63, 3.8) is 0 Å². The van der Waals surface area contributed by atoms with Gasteiger partial charge in [-0.3, -0.25) is 0 Å². The number of nitrogens with one attached hydrogen (secondary N) is 1. The Kier molecular flexibility index (Phi) is 5.77. The standard InChI is InChI=1S/C13H22N2O2/c1-5-16-9-11(4)15-13-12(17-10(2)3)7-6-8-14-13/h6-8,10-11H,5,9H2,1-4H3,(H,14,15). The SMILES string of the molecule is CCOCC(C)Nc1ncccc1OC(C)C. The molecule has 1 rings (SSSR count). The molecule has 0 fully saturated rings. The largest absolute Gasteiger partial charge is 0.487 e. The average Bonchev–Trinajstić information content (AvgIpc) is 2.28. The van der Waals surface area contributed by atoms with Crippen molar-refractivity contribution in [3.05, 3.63) is 18.3 Å². The average molecular weight is 238 g/mol. The van der Waals surface area contributed by atoms with Crippen LogP contribution in [0.2, 0.25) is 0 Å². The molecule has 0 aliphatic heterocycles. The van der Waals surface area contributed by atoms with E-state index < -0.39 is 0 Å². The Hall–Kier alpha value is -1.29. The number of nitrogens with zero attached hydrogens (tertiary/aromatic N) is 1. The zero-order valence-electron chi connectivity index (χ0n) is 11.1. The molecule has 4 heteroatoms. The Morgan fingerprint density at radius 2 is 2.12 bits per heavy atom. The lowest BCUT2D eigenvalue weighted by Crippen LogP contribution is -2.23. The summed E-state index contributed by atoms with van der Waals surface area (Å²) in [7, 11) is 0. The molecule has 96 valence electrons. The van der Waals surface area contributed by atoms with E-state index in [0.717, 1.165) is 18.2 Å². The second-order valence-corrected chi connectivity index (χ2v) is 4.22. The van der Waals surface area contributed by atoms with Crippen LogP contribution in [0.3, 0.4) is 0 Å². The number of aromatic nitrogens is 1. The van der Waals surface area contributed by atoms with Gasteiger partial charge in [-0.2, -0.15) is 0 Å². The Morgan fingerprint density at radius 3 is 2.76 bits per heavy atom. The van der Waals surface area contributed by atoms with E-state index in [0.29, 0.717) is 6.61 Å².